The molecule has 114 valence electrons. The van der Waals surface area contributed by atoms with Crippen LogP contribution in [0.2, 0.25) is 0 Å². The van der Waals surface area contributed by atoms with Gasteiger partial charge in [0.15, 0.2) is 12.4 Å². The van der Waals surface area contributed by atoms with E-state index in [0.29, 0.717) is 5.56 Å². The highest BCUT2D eigenvalue weighted by Crippen LogP contribution is 2.11. The van der Waals surface area contributed by atoms with Gasteiger partial charge in [0.25, 0.3) is 11.5 Å². The molecule has 0 saturated heterocycles. The summed E-state index contributed by atoms with van der Waals surface area (Å²) in [5, 5.41) is 9.15. The fourth-order valence-electron chi connectivity index (χ4n) is 1.95. The maximum Gasteiger partial charge on any atom is 0.336 e. The molecule has 7 nitrogen and oxygen atoms in total. The lowest BCUT2D eigenvalue weighted by Gasteiger charge is -2.10. The molecule has 0 radical (unpaired) electrons. The van der Waals surface area contributed by atoms with Gasteiger partial charge in [0.05, 0.1) is 12.1 Å². The summed E-state index contributed by atoms with van der Waals surface area (Å²) in [7, 11) is 0. The Balaban J connectivity index is 2.31. The Hall–Kier alpha value is -3.09. The van der Waals surface area contributed by atoms with Gasteiger partial charge in [0.2, 0.25) is 0 Å². The van der Waals surface area contributed by atoms with E-state index >= 15 is 0 Å². The summed E-state index contributed by atoms with van der Waals surface area (Å²) in [6, 6.07) is 9.40. The van der Waals surface area contributed by atoms with Crippen LogP contribution in [0.4, 0.5) is 0 Å². The number of carboxylic acids is 1. The number of primary amides is 1. The third-order valence-corrected chi connectivity index (χ3v) is 2.94. The topological polar surface area (TPSA) is 112 Å². The van der Waals surface area contributed by atoms with Crippen LogP contribution in [-0.2, 0) is 11.3 Å². The Labute approximate surface area is 125 Å². The summed E-state index contributed by atoms with van der Waals surface area (Å²) >= 11 is 0. The van der Waals surface area contributed by atoms with Crippen molar-refractivity contribution in [2.75, 3.05) is 6.61 Å². The summed E-state index contributed by atoms with van der Waals surface area (Å²) < 4.78 is 6.33. The average Bonchev–Trinajstić information content (AvgIpc) is 2.48. The molecule has 0 spiro atoms. The van der Waals surface area contributed by atoms with Crippen molar-refractivity contribution in [2.24, 2.45) is 5.73 Å². The van der Waals surface area contributed by atoms with Crippen LogP contribution in [0.25, 0.3) is 0 Å². The summed E-state index contributed by atoms with van der Waals surface area (Å²) in [6.07, 6.45) is 1.51. The molecule has 2 rings (SSSR count). The lowest BCUT2D eigenvalue weighted by Crippen LogP contribution is -2.26. The van der Waals surface area contributed by atoms with Gasteiger partial charge in [0.1, 0.15) is 0 Å². The van der Waals surface area contributed by atoms with E-state index in [0.717, 1.165) is 0 Å². The van der Waals surface area contributed by atoms with Crippen molar-refractivity contribution in [1.29, 1.82) is 0 Å². The van der Waals surface area contributed by atoms with Crippen LogP contribution in [0.5, 0.6) is 5.75 Å². The van der Waals surface area contributed by atoms with Gasteiger partial charge in [0, 0.05) is 6.20 Å². The molecule has 0 bridgehead atoms. The van der Waals surface area contributed by atoms with E-state index in [2.05, 4.69) is 0 Å². The van der Waals surface area contributed by atoms with Gasteiger partial charge >= 0.3 is 5.97 Å². The number of pyridine rings is 1. The zero-order valence-electron chi connectivity index (χ0n) is 11.6. The molecule has 0 saturated carbocycles. The van der Waals surface area contributed by atoms with Gasteiger partial charge in [-0.15, -0.1) is 0 Å². The van der Waals surface area contributed by atoms with Crippen molar-refractivity contribution in [2.45, 2.75) is 6.54 Å². The number of aromatic carboxylic acids is 1. The van der Waals surface area contributed by atoms with Crippen molar-refractivity contribution in [3.63, 3.8) is 0 Å². The largest absolute Gasteiger partial charge is 0.478 e. The highest BCUT2D eigenvalue weighted by atomic mass is 16.5. The third kappa shape index (κ3) is 3.51. The van der Waals surface area contributed by atoms with Crippen LogP contribution in [0.1, 0.15) is 15.9 Å². The molecule has 0 aliphatic heterocycles. The highest BCUT2D eigenvalue weighted by Gasteiger charge is 2.11. The van der Waals surface area contributed by atoms with E-state index in [9.17, 15) is 14.4 Å². The molecular weight excluding hydrogens is 288 g/mol. The first-order chi connectivity index (χ1) is 10.5. The van der Waals surface area contributed by atoms with Crippen molar-refractivity contribution in [3.8, 4) is 5.75 Å². The van der Waals surface area contributed by atoms with Crippen LogP contribution >= 0.6 is 0 Å². The van der Waals surface area contributed by atoms with E-state index in [1.54, 1.807) is 24.3 Å². The first-order valence-corrected chi connectivity index (χ1v) is 6.41. The third-order valence-electron chi connectivity index (χ3n) is 2.94. The lowest BCUT2D eigenvalue weighted by molar-refractivity contribution is -0.119. The fraction of sp³-hybridized carbons (Fsp3) is 0.133. The van der Waals surface area contributed by atoms with Crippen molar-refractivity contribution in [3.05, 3.63) is 64.1 Å². The van der Waals surface area contributed by atoms with E-state index in [1.165, 1.54) is 22.9 Å². The second kappa shape index (κ2) is 6.57. The number of rotatable bonds is 6. The molecule has 0 fully saturated rings. The molecule has 1 aromatic carbocycles. The van der Waals surface area contributed by atoms with Gasteiger partial charge in [-0.2, -0.15) is 0 Å². The summed E-state index contributed by atoms with van der Waals surface area (Å²) in [6.45, 7) is -0.319. The molecule has 7 heteroatoms. The Bertz CT molecular complexity index is 767. The number of nitrogens with zero attached hydrogens (tertiary/aromatic N) is 1. The number of nitrogens with two attached hydrogens (primary N) is 1. The number of aromatic nitrogens is 1. The molecule has 0 aliphatic carbocycles. The number of carbonyl (C=O) groups is 2. The zero-order valence-corrected chi connectivity index (χ0v) is 11.6. The molecular formula is C15H14N2O5. The standard InChI is InChI=1S/C15H14N2O5/c16-13(18)9-22-12-6-3-7-17(14(12)19)8-10-4-1-2-5-11(10)15(20)21/h1-7H,8-9H2,(H2,16,18)(H,20,21). The number of carbonyl (C=O) groups excluding carboxylic acids is 1. The Kier molecular flexibility index (Phi) is 4.57. The minimum absolute atomic E-state index is 0.0193. The number of benzene rings is 1. The van der Waals surface area contributed by atoms with Gasteiger partial charge in [-0.25, -0.2) is 4.79 Å². The predicted octanol–water partition coefficient (Wildman–Crippen LogP) is 0.459. The second-order valence-corrected chi connectivity index (χ2v) is 4.52. The van der Waals surface area contributed by atoms with Gasteiger partial charge in [-0.3, -0.25) is 9.59 Å². The lowest BCUT2D eigenvalue weighted by atomic mass is 10.1. The smallest absolute Gasteiger partial charge is 0.336 e. The first kappa shape index (κ1) is 15.3. The number of hydrogen-bond acceptors (Lipinski definition) is 4. The number of hydrogen-bond donors (Lipinski definition) is 2. The highest BCUT2D eigenvalue weighted by molar-refractivity contribution is 5.89. The van der Waals surface area contributed by atoms with Crippen molar-refractivity contribution in [1.82, 2.24) is 4.57 Å². The quantitative estimate of drug-likeness (QED) is 0.805. The molecule has 0 unspecified atom stereocenters. The number of carboxylic acid groups (broad SMARTS) is 1. The Morgan fingerprint density at radius 1 is 1.18 bits per heavy atom. The van der Waals surface area contributed by atoms with E-state index in [4.69, 9.17) is 15.6 Å². The van der Waals surface area contributed by atoms with Crippen LogP contribution in [0.15, 0.2) is 47.4 Å². The molecule has 2 aromatic rings. The molecule has 22 heavy (non-hydrogen) atoms. The Morgan fingerprint density at radius 2 is 1.91 bits per heavy atom. The molecule has 1 amide bonds. The molecule has 0 aliphatic rings. The normalized spacial score (nSPS) is 10.2. The molecule has 1 aromatic heterocycles. The molecule has 0 atom stereocenters. The van der Waals surface area contributed by atoms with Gasteiger partial charge in [-0.05, 0) is 23.8 Å². The Morgan fingerprint density at radius 3 is 2.59 bits per heavy atom. The van der Waals surface area contributed by atoms with Gasteiger partial charge in [-0.1, -0.05) is 18.2 Å². The van der Waals surface area contributed by atoms with Crippen molar-refractivity contribution >= 4 is 11.9 Å². The molecule has 3 N–H and O–H groups in total. The molecule has 1 heterocycles. The first-order valence-electron chi connectivity index (χ1n) is 6.41. The minimum atomic E-state index is -1.07. The van der Waals surface area contributed by atoms with E-state index in [1.807, 2.05) is 0 Å². The van der Waals surface area contributed by atoms with E-state index < -0.39 is 24.0 Å². The second-order valence-electron chi connectivity index (χ2n) is 4.52. The summed E-state index contributed by atoms with van der Waals surface area (Å²) in [5.74, 6) is -1.77. The SMILES string of the molecule is NC(=O)COc1cccn(Cc2ccccc2C(=O)O)c1=O. The van der Waals surface area contributed by atoms with Crippen LogP contribution in [0.3, 0.4) is 0 Å². The summed E-state index contributed by atoms with van der Waals surface area (Å²) in [5.41, 5.74) is 5.11. The fourth-order valence-corrected chi connectivity index (χ4v) is 1.95. The van der Waals surface area contributed by atoms with Crippen LogP contribution < -0.4 is 16.0 Å². The van der Waals surface area contributed by atoms with Crippen LogP contribution in [0, 0.1) is 0 Å². The minimum Gasteiger partial charge on any atom is -0.478 e. The van der Waals surface area contributed by atoms with Crippen LogP contribution in [-0.4, -0.2) is 28.2 Å². The summed E-state index contributed by atoms with van der Waals surface area (Å²) in [4.78, 5) is 34.1. The maximum absolute atomic E-state index is 12.2. The van der Waals surface area contributed by atoms with E-state index in [-0.39, 0.29) is 17.9 Å². The monoisotopic (exact) mass is 302 g/mol. The predicted molar refractivity (Wildman–Crippen MR) is 77.9 cm³/mol. The van der Waals surface area contributed by atoms with Gasteiger partial charge < -0.3 is 20.1 Å². The zero-order chi connectivity index (χ0) is 16.1. The average molecular weight is 302 g/mol. The maximum atomic E-state index is 12.2. The number of amides is 1. The van der Waals surface area contributed by atoms with Crippen molar-refractivity contribution < 1.29 is 19.4 Å². The number of ether oxygens (including phenoxy) is 1.